The van der Waals surface area contributed by atoms with E-state index in [1.54, 1.807) is 0 Å². The van der Waals surface area contributed by atoms with Gasteiger partial charge in [-0.25, -0.2) is 0 Å². The van der Waals surface area contributed by atoms with Gasteiger partial charge in [0.05, 0.1) is 5.41 Å². The number of aryl methyl sites for hydroxylation is 2. The Morgan fingerprint density at radius 3 is 0.709 bits per heavy atom. The Bertz CT molecular complexity index is 4100. The van der Waals surface area contributed by atoms with Crippen molar-refractivity contribution < 1.29 is 0 Å². The molecule has 0 bridgehead atoms. The molecular formula is C81H61B5. The first-order valence-corrected chi connectivity index (χ1v) is 30.6. The summed E-state index contributed by atoms with van der Waals surface area (Å²) in [5.41, 5.74) is 28.9. The van der Waals surface area contributed by atoms with Crippen LogP contribution in [0.2, 0.25) is 0 Å². The van der Waals surface area contributed by atoms with Crippen LogP contribution in [0.15, 0.2) is 334 Å². The van der Waals surface area contributed by atoms with E-state index in [1.165, 1.54) is 126 Å². The highest BCUT2D eigenvalue weighted by atomic mass is 14.5. The van der Waals surface area contributed by atoms with Gasteiger partial charge >= 0.3 is 0 Å². The van der Waals surface area contributed by atoms with Gasteiger partial charge in [0.1, 0.15) is 0 Å². The summed E-state index contributed by atoms with van der Waals surface area (Å²) in [6.07, 6.45) is 0. The smallest absolute Gasteiger partial charge is 0.0687 e. The first kappa shape index (κ1) is 52.9. The second-order valence-corrected chi connectivity index (χ2v) is 23.8. The molecular weight excluding hydrogens is 1030 g/mol. The zero-order valence-electron chi connectivity index (χ0n) is 48.6. The third kappa shape index (κ3) is 9.17. The van der Waals surface area contributed by atoms with E-state index in [2.05, 4.69) is 347 Å². The molecule has 0 saturated heterocycles. The van der Waals surface area contributed by atoms with Crippen LogP contribution < -0.4 is 81.9 Å². The Kier molecular flexibility index (Phi) is 13.9. The van der Waals surface area contributed by atoms with Gasteiger partial charge in [-0.1, -0.05) is 427 Å². The highest BCUT2D eigenvalue weighted by Gasteiger charge is 2.54. The van der Waals surface area contributed by atoms with Crippen molar-refractivity contribution in [2.45, 2.75) is 19.3 Å². The summed E-state index contributed by atoms with van der Waals surface area (Å²) in [5, 5.41) is 0. The topological polar surface area (TPSA) is 0 Å². The maximum atomic E-state index is 2.68. The van der Waals surface area contributed by atoms with Crippen LogP contribution in [0.25, 0.3) is 11.1 Å². The van der Waals surface area contributed by atoms with Crippen LogP contribution in [0.3, 0.4) is 0 Å². The van der Waals surface area contributed by atoms with Crippen LogP contribution >= 0.6 is 0 Å². The van der Waals surface area contributed by atoms with Crippen molar-refractivity contribution >= 4 is 116 Å². The molecule has 0 aromatic heterocycles. The second-order valence-electron chi connectivity index (χ2n) is 23.8. The van der Waals surface area contributed by atoms with Crippen LogP contribution in [0.5, 0.6) is 0 Å². The molecule has 15 rings (SSSR count). The molecule has 86 heavy (non-hydrogen) atoms. The summed E-state index contributed by atoms with van der Waals surface area (Å²) in [7, 11) is 0. The highest BCUT2D eigenvalue weighted by Crippen LogP contribution is 2.56. The number of hydrogen-bond acceptors (Lipinski definition) is 0. The van der Waals surface area contributed by atoms with E-state index >= 15 is 0 Å². The van der Waals surface area contributed by atoms with E-state index in [9.17, 15) is 0 Å². The lowest BCUT2D eigenvalue weighted by atomic mass is 9.28. The van der Waals surface area contributed by atoms with Gasteiger partial charge in [0.15, 0.2) is 0 Å². The van der Waals surface area contributed by atoms with Crippen LogP contribution in [0, 0.1) is 13.8 Å². The fraction of sp³-hybridized carbons (Fsp3) is 0.0370. The highest BCUT2D eigenvalue weighted by molar-refractivity contribution is 6.99. The quantitative estimate of drug-likeness (QED) is 0.105. The fourth-order valence-corrected chi connectivity index (χ4v) is 15.3. The predicted octanol–water partition coefficient (Wildman–Crippen LogP) is 7.56. The van der Waals surface area contributed by atoms with Gasteiger partial charge in [-0.3, -0.25) is 0 Å². The molecule has 0 fully saturated rings. The average Bonchev–Trinajstić information content (AvgIpc) is 1.39. The van der Waals surface area contributed by atoms with Crippen LogP contribution in [-0.4, -0.2) is 33.6 Å². The molecule has 0 N–H and O–H groups in total. The van der Waals surface area contributed by atoms with E-state index < -0.39 is 5.41 Å². The van der Waals surface area contributed by atoms with Crippen molar-refractivity contribution in [3.8, 4) is 11.1 Å². The molecule has 0 amide bonds. The largest absolute Gasteiger partial charge is 0.242 e. The molecule has 400 valence electrons. The summed E-state index contributed by atoms with van der Waals surface area (Å²) in [6.45, 7) is 4.46. The van der Waals surface area contributed by atoms with Gasteiger partial charge in [-0.2, -0.15) is 0 Å². The van der Waals surface area contributed by atoms with Crippen molar-refractivity contribution in [2.75, 3.05) is 0 Å². The Balaban J connectivity index is 1.12. The summed E-state index contributed by atoms with van der Waals surface area (Å²) >= 11 is 0. The molecule has 0 atom stereocenters. The lowest BCUT2D eigenvalue weighted by Gasteiger charge is -2.44. The van der Waals surface area contributed by atoms with E-state index in [-0.39, 0.29) is 33.6 Å². The van der Waals surface area contributed by atoms with Gasteiger partial charge in [0, 0.05) is 0 Å². The molecule has 1 aliphatic carbocycles. The monoisotopic (exact) mass is 1090 g/mol. The molecule has 1 heterocycles. The normalized spacial score (nSPS) is 12.4. The second kappa shape index (κ2) is 22.6. The molecule has 5 heteroatoms. The SMILES string of the molecule is Cc1cccc(C)c1B1c2ccc(B(c3ccccc3)c3ccccc3)cc2C2(c3cc(B(c4ccccc4)c4ccccc4)ccc31)c1cc(B(c3ccccc3)c3ccccc3)ccc1-c1ccc(B(c3ccccc3)c3ccccc3)cc12. The summed E-state index contributed by atoms with van der Waals surface area (Å²) in [4.78, 5) is 0. The van der Waals surface area contributed by atoms with Crippen LogP contribution in [0.1, 0.15) is 33.4 Å². The molecule has 0 radical (unpaired) electrons. The van der Waals surface area contributed by atoms with Crippen molar-refractivity contribution in [3.05, 3.63) is 367 Å². The summed E-state index contributed by atoms with van der Waals surface area (Å²) in [5.74, 6) is 0. The first-order chi connectivity index (χ1) is 42.5. The molecule has 2 aliphatic rings. The number of hydrogen-bond donors (Lipinski definition) is 0. The van der Waals surface area contributed by atoms with Gasteiger partial charge < -0.3 is 0 Å². The maximum Gasteiger partial charge on any atom is 0.242 e. The minimum Gasteiger partial charge on any atom is -0.0687 e. The zero-order chi connectivity index (χ0) is 57.6. The van der Waals surface area contributed by atoms with Gasteiger partial charge in [0.25, 0.3) is 0 Å². The molecule has 0 unspecified atom stereocenters. The standard InChI is InChI=1S/C81H61B5/c1-58-28-27-29-59(2)80(58)86-78-52-48-70(84(64-38-19-7-20-39-64)65-40-21-8-22-41-65)56-76(78)81(77-57-71(49-53-79(77)86)85(66-42-23-9-24-43-66)67-44-25-10-26-45-67)74-54-68(82(60-30-11-3-12-31-60)61-32-13-4-14-33-61)46-50-72(74)73-51-47-69(55-75(73)81)83(62-34-15-5-16-35-62)63-36-17-6-18-37-63/h3-57H,1-2H3. The number of fused-ring (bicyclic) bond motifs is 9. The average molecular weight is 1090 g/mol. The summed E-state index contributed by atoms with van der Waals surface area (Å²) in [6, 6.07) is 127. The number of rotatable bonds is 13. The molecule has 0 saturated carbocycles. The Hall–Kier alpha value is -9.82. The Labute approximate surface area is 509 Å². The zero-order valence-corrected chi connectivity index (χ0v) is 48.6. The van der Waals surface area contributed by atoms with Crippen LogP contribution in [-0.2, 0) is 5.41 Å². The lowest BCUT2D eigenvalue weighted by molar-refractivity contribution is 0.778. The molecule has 13 aromatic rings. The minimum absolute atomic E-state index is 0.0248. The van der Waals surface area contributed by atoms with Crippen molar-refractivity contribution in [3.63, 3.8) is 0 Å². The summed E-state index contributed by atoms with van der Waals surface area (Å²) < 4.78 is 0. The van der Waals surface area contributed by atoms with E-state index in [0.29, 0.717) is 0 Å². The lowest BCUT2D eigenvalue weighted by Crippen LogP contribution is -2.65. The third-order valence-corrected chi connectivity index (χ3v) is 19.0. The van der Waals surface area contributed by atoms with E-state index in [0.717, 1.165) is 0 Å². The Morgan fingerprint density at radius 1 is 0.221 bits per heavy atom. The van der Waals surface area contributed by atoms with Gasteiger partial charge in [0.2, 0.25) is 33.6 Å². The molecule has 13 aromatic carbocycles. The molecule has 1 aliphatic heterocycles. The molecule has 1 spiro atoms. The van der Waals surface area contributed by atoms with Crippen molar-refractivity contribution in [1.29, 1.82) is 0 Å². The maximum absolute atomic E-state index is 2.68. The van der Waals surface area contributed by atoms with Crippen molar-refractivity contribution in [2.24, 2.45) is 0 Å². The number of benzene rings is 13. The van der Waals surface area contributed by atoms with E-state index in [1.807, 2.05) is 0 Å². The first-order valence-electron chi connectivity index (χ1n) is 30.6. The van der Waals surface area contributed by atoms with E-state index in [4.69, 9.17) is 0 Å². The van der Waals surface area contributed by atoms with Crippen LogP contribution in [0.4, 0.5) is 0 Å². The fourth-order valence-electron chi connectivity index (χ4n) is 15.3. The van der Waals surface area contributed by atoms with Gasteiger partial charge in [-0.05, 0) is 47.2 Å². The van der Waals surface area contributed by atoms with Crippen molar-refractivity contribution in [1.82, 2.24) is 0 Å². The third-order valence-electron chi connectivity index (χ3n) is 19.0. The van der Waals surface area contributed by atoms with Gasteiger partial charge in [-0.15, -0.1) is 0 Å². The minimum atomic E-state index is -0.827. The Morgan fingerprint density at radius 2 is 0.453 bits per heavy atom. The predicted molar refractivity (Wildman–Crippen MR) is 374 cm³/mol. The molecule has 0 nitrogen and oxygen atoms in total.